The Balaban J connectivity index is 1.49. The summed E-state index contributed by atoms with van der Waals surface area (Å²) in [5, 5.41) is 9.28. The summed E-state index contributed by atoms with van der Waals surface area (Å²) in [4.78, 5) is 28.1. The summed E-state index contributed by atoms with van der Waals surface area (Å²) in [6, 6.07) is 7.65. The number of nitrogens with zero attached hydrogens (tertiary/aromatic N) is 4. The van der Waals surface area contributed by atoms with Crippen molar-refractivity contribution in [2.45, 2.75) is 25.7 Å². The summed E-state index contributed by atoms with van der Waals surface area (Å²) in [5.41, 5.74) is 7.09. The first-order chi connectivity index (χ1) is 17.7. The molecule has 0 atom stereocenters. The molecule has 1 amide bonds. The van der Waals surface area contributed by atoms with Gasteiger partial charge in [-0.2, -0.15) is 15.0 Å². The van der Waals surface area contributed by atoms with Crippen LogP contribution < -0.4 is 26.6 Å². The summed E-state index contributed by atoms with van der Waals surface area (Å²) in [7, 11) is 0. The highest BCUT2D eigenvalue weighted by Crippen LogP contribution is 2.21. The summed E-state index contributed by atoms with van der Waals surface area (Å²) in [6.45, 7) is 9.09. The SMILES string of the molecule is C=CCNc1nc(Nc2ccc(CC(=O)NCCOCCOCCN)cc2)nc(N2CCCCC2)n1. The molecule has 2 heterocycles. The molecule has 11 heteroatoms. The number of rotatable bonds is 16. The summed E-state index contributed by atoms with van der Waals surface area (Å²) >= 11 is 0. The van der Waals surface area contributed by atoms with Crippen molar-refractivity contribution < 1.29 is 14.3 Å². The molecule has 0 saturated carbocycles. The maximum Gasteiger partial charge on any atom is 0.233 e. The average Bonchev–Trinajstić information content (AvgIpc) is 2.90. The second kappa shape index (κ2) is 15.7. The van der Waals surface area contributed by atoms with Crippen molar-refractivity contribution in [3.05, 3.63) is 42.5 Å². The Morgan fingerprint density at radius 3 is 2.44 bits per heavy atom. The maximum atomic E-state index is 12.2. The molecule has 2 aromatic rings. The third kappa shape index (κ3) is 9.76. The third-order valence-electron chi connectivity index (χ3n) is 5.44. The molecule has 11 nitrogen and oxygen atoms in total. The molecule has 0 bridgehead atoms. The number of amides is 1. The first kappa shape index (κ1) is 27.3. The average molecular weight is 499 g/mol. The monoisotopic (exact) mass is 498 g/mol. The zero-order valence-corrected chi connectivity index (χ0v) is 20.9. The molecule has 0 radical (unpaired) electrons. The molecule has 1 saturated heterocycles. The summed E-state index contributed by atoms with van der Waals surface area (Å²) in [5.74, 6) is 1.59. The summed E-state index contributed by atoms with van der Waals surface area (Å²) in [6.07, 6.45) is 5.56. The molecule has 5 N–H and O–H groups in total. The van der Waals surface area contributed by atoms with E-state index in [0.717, 1.165) is 37.2 Å². The minimum atomic E-state index is -0.0553. The fourth-order valence-corrected chi connectivity index (χ4v) is 3.65. The smallest absolute Gasteiger partial charge is 0.233 e. The lowest BCUT2D eigenvalue weighted by Crippen LogP contribution is -2.31. The van der Waals surface area contributed by atoms with Crippen LogP contribution in [-0.2, 0) is 20.7 Å². The maximum absolute atomic E-state index is 12.2. The predicted molar refractivity (Wildman–Crippen MR) is 142 cm³/mol. The molecule has 1 aromatic heterocycles. The number of hydrogen-bond acceptors (Lipinski definition) is 10. The van der Waals surface area contributed by atoms with Crippen LogP contribution in [0.25, 0.3) is 0 Å². The van der Waals surface area contributed by atoms with Crippen LogP contribution in [0, 0.1) is 0 Å². The normalized spacial score (nSPS) is 13.3. The highest BCUT2D eigenvalue weighted by atomic mass is 16.5. The lowest BCUT2D eigenvalue weighted by Gasteiger charge is -2.27. The van der Waals surface area contributed by atoms with E-state index in [4.69, 9.17) is 15.2 Å². The second-order valence-electron chi connectivity index (χ2n) is 8.36. The van der Waals surface area contributed by atoms with Crippen LogP contribution in [0.4, 0.5) is 23.5 Å². The molecule has 1 aliphatic rings. The van der Waals surface area contributed by atoms with Crippen LogP contribution in [-0.4, -0.2) is 80.0 Å². The topological polar surface area (TPSA) is 140 Å². The Hall–Kier alpha value is -3.28. The van der Waals surface area contributed by atoms with Gasteiger partial charge < -0.3 is 36.1 Å². The number of nitrogens with two attached hydrogens (primary N) is 1. The van der Waals surface area contributed by atoms with Crippen LogP contribution in [0.3, 0.4) is 0 Å². The molecule has 1 fully saturated rings. The Morgan fingerprint density at radius 2 is 1.72 bits per heavy atom. The van der Waals surface area contributed by atoms with Gasteiger partial charge in [-0.15, -0.1) is 6.58 Å². The Labute approximate surface area is 212 Å². The van der Waals surface area contributed by atoms with E-state index in [0.29, 0.717) is 70.3 Å². The first-order valence-electron chi connectivity index (χ1n) is 12.5. The van der Waals surface area contributed by atoms with E-state index in [-0.39, 0.29) is 5.91 Å². The molecule has 1 aliphatic heterocycles. The minimum absolute atomic E-state index is 0.0553. The van der Waals surface area contributed by atoms with Gasteiger partial charge in [0.05, 0.1) is 32.8 Å². The van der Waals surface area contributed by atoms with Crippen molar-refractivity contribution in [1.29, 1.82) is 0 Å². The van der Waals surface area contributed by atoms with E-state index < -0.39 is 0 Å². The molecule has 0 unspecified atom stereocenters. The van der Waals surface area contributed by atoms with Crippen molar-refractivity contribution in [1.82, 2.24) is 20.3 Å². The van der Waals surface area contributed by atoms with Gasteiger partial charge in [-0.3, -0.25) is 4.79 Å². The predicted octanol–water partition coefficient (Wildman–Crippen LogP) is 1.85. The number of nitrogens with one attached hydrogen (secondary N) is 3. The van der Waals surface area contributed by atoms with E-state index in [9.17, 15) is 4.79 Å². The number of benzene rings is 1. The Morgan fingerprint density at radius 1 is 1.00 bits per heavy atom. The van der Waals surface area contributed by atoms with Crippen molar-refractivity contribution in [2.75, 3.05) is 74.7 Å². The standard InChI is InChI=1S/C25H38N8O3/c1-2-11-28-23-30-24(32-25(31-23)33-13-4-3-5-14-33)29-21-8-6-20(7-9-21)19-22(34)27-12-16-36-18-17-35-15-10-26/h2,6-9H,1,3-5,10-19,26H2,(H,27,34)(H2,28,29,30,31,32). The van der Waals surface area contributed by atoms with Gasteiger partial charge >= 0.3 is 0 Å². The van der Waals surface area contributed by atoms with Gasteiger partial charge in [-0.1, -0.05) is 18.2 Å². The fourth-order valence-electron chi connectivity index (χ4n) is 3.65. The number of anilines is 4. The van der Waals surface area contributed by atoms with E-state index in [1.807, 2.05) is 24.3 Å². The van der Waals surface area contributed by atoms with E-state index in [1.165, 1.54) is 6.42 Å². The van der Waals surface area contributed by atoms with Gasteiger partial charge in [0.15, 0.2) is 0 Å². The fraction of sp³-hybridized carbons (Fsp3) is 0.520. The molecule has 196 valence electrons. The van der Waals surface area contributed by atoms with Crippen LogP contribution in [0.1, 0.15) is 24.8 Å². The zero-order valence-electron chi connectivity index (χ0n) is 20.9. The molecule has 36 heavy (non-hydrogen) atoms. The van der Waals surface area contributed by atoms with Gasteiger partial charge in [0, 0.05) is 38.4 Å². The first-order valence-corrected chi connectivity index (χ1v) is 12.5. The molecule has 0 spiro atoms. The second-order valence-corrected chi connectivity index (χ2v) is 8.36. The van der Waals surface area contributed by atoms with Crippen molar-refractivity contribution in [2.24, 2.45) is 5.73 Å². The van der Waals surface area contributed by atoms with Gasteiger partial charge in [-0.25, -0.2) is 0 Å². The van der Waals surface area contributed by atoms with E-state index in [1.54, 1.807) is 6.08 Å². The van der Waals surface area contributed by atoms with Crippen LogP contribution in [0.5, 0.6) is 0 Å². The van der Waals surface area contributed by atoms with E-state index >= 15 is 0 Å². The highest BCUT2D eigenvalue weighted by Gasteiger charge is 2.16. The third-order valence-corrected chi connectivity index (χ3v) is 5.44. The number of carbonyl (C=O) groups is 1. The van der Waals surface area contributed by atoms with Gasteiger partial charge in [0.25, 0.3) is 0 Å². The molecule has 3 rings (SSSR count). The van der Waals surface area contributed by atoms with Crippen molar-refractivity contribution in [3.8, 4) is 0 Å². The Kier molecular flexibility index (Phi) is 11.9. The zero-order chi connectivity index (χ0) is 25.4. The lowest BCUT2D eigenvalue weighted by atomic mass is 10.1. The lowest BCUT2D eigenvalue weighted by molar-refractivity contribution is -0.120. The van der Waals surface area contributed by atoms with Gasteiger partial charge in [-0.05, 0) is 37.0 Å². The number of aromatic nitrogens is 3. The largest absolute Gasteiger partial charge is 0.378 e. The van der Waals surface area contributed by atoms with Gasteiger partial charge in [0.1, 0.15) is 0 Å². The van der Waals surface area contributed by atoms with E-state index in [2.05, 4.69) is 42.4 Å². The van der Waals surface area contributed by atoms with Gasteiger partial charge in [0.2, 0.25) is 23.8 Å². The summed E-state index contributed by atoms with van der Waals surface area (Å²) < 4.78 is 10.6. The minimum Gasteiger partial charge on any atom is -0.378 e. The van der Waals surface area contributed by atoms with Crippen LogP contribution in [0.15, 0.2) is 36.9 Å². The van der Waals surface area contributed by atoms with Crippen molar-refractivity contribution in [3.63, 3.8) is 0 Å². The van der Waals surface area contributed by atoms with Crippen LogP contribution >= 0.6 is 0 Å². The molecular formula is C25H38N8O3. The molecule has 1 aromatic carbocycles. The number of carbonyl (C=O) groups excluding carboxylic acids is 1. The molecule has 0 aliphatic carbocycles. The Bertz CT molecular complexity index is 935. The van der Waals surface area contributed by atoms with Crippen LogP contribution in [0.2, 0.25) is 0 Å². The number of hydrogen-bond donors (Lipinski definition) is 4. The highest BCUT2D eigenvalue weighted by molar-refractivity contribution is 5.78. The van der Waals surface area contributed by atoms with Crippen molar-refractivity contribution >= 4 is 29.4 Å². The quantitative estimate of drug-likeness (QED) is 0.200. The number of ether oxygens (including phenoxy) is 2. The molecular weight excluding hydrogens is 460 g/mol. The number of piperidine rings is 1.